The summed E-state index contributed by atoms with van der Waals surface area (Å²) in [4.78, 5) is 0. The largest absolute Gasteiger partial charge is 0.481 e. The lowest BCUT2D eigenvalue weighted by molar-refractivity contribution is 0.539. The summed E-state index contributed by atoms with van der Waals surface area (Å²) in [7, 11) is 0.371. The highest BCUT2D eigenvalue weighted by molar-refractivity contribution is 6.27. The molecule has 38 valence electrons. The molecule has 0 fully saturated rings. The number of nitriles is 1. The van der Waals surface area contributed by atoms with E-state index in [2.05, 4.69) is 11.3 Å². The normalized spacial score (nSPS) is 7.43. The highest BCUT2D eigenvalue weighted by Crippen LogP contribution is 1.83. The van der Waals surface area contributed by atoms with Gasteiger partial charge in [-0.05, 0) is 6.04 Å². The third-order valence-corrected chi connectivity index (χ3v) is 1.41. The van der Waals surface area contributed by atoms with Gasteiger partial charge < -0.3 is 4.43 Å². The molecule has 0 unspecified atom stereocenters. The maximum absolute atomic E-state index is 7.83. The van der Waals surface area contributed by atoms with Gasteiger partial charge in [0.25, 0.3) is 6.26 Å². The van der Waals surface area contributed by atoms with Crippen molar-refractivity contribution >= 4 is 9.76 Å². The van der Waals surface area contributed by atoms with Crippen LogP contribution in [-0.4, -0.2) is 9.76 Å². The Labute approximate surface area is 46.0 Å². The number of hydrogen-bond donors (Lipinski definition) is 0. The molecular formula is C4H7NOSi. The fourth-order valence-electron chi connectivity index (χ4n) is 0.185. The smallest absolute Gasteiger partial charge is 0.330 e. The van der Waals surface area contributed by atoms with E-state index in [0.717, 1.165) is 12.5 Å². The summed E-state index contributed by atoms with van der Waals surface area (Å²) in [6.45, 7) is 2.06. The Morgan fingerprint density at radius 1 is 1.86 bits per heavy atom. The first-order valence-corrected chi connectivity index (χ1v) is 3.31. The Bertz CT molecular complexity index is 68.6. The van der Waals surface area contributed by atoms with Crippen LogP contribution >= 0.6 is 0 Å². The first-order valence-electron chi connectivity index (χ1n) is 2.19. The van der Waals surface area contributed by atoms with Gasteiger partial charge in [-0.3, -0.25) is 0 Å². The second kappa shape index (κ2) is 5.51. The summed E-state index contributed by atoms with van der Waals surface area (Å²) >= 11 is 0. The molecule has 3 heteroatoms. The molecule has 0 amide bonds. The van der Waals surface area contributed by atoms with E-state index >= 15 is 0 Å². The first-order chi connectivity index (χ1) is 3.41. The molecule has 0 aromatic carbocycles. The molecule has 0 heterocycles. The molecule has 0 aromatic rings. The van der Waals surface area contributed by atoms with Gasteiger partial charge in [0.15, 0.2) is 0 Å². The number of rotatable bonds is 3. The monoisotopic (exact) mass is 113 g/mol. The quantitative estimate of drug-likeness (QED) is 0.310. The maximum Gasteiger partial charge on any atom is 0.330 e. The van der Waals surface area contributed by atoms with Crippen molar-refractivity contribution in [2.45, 2.75) is 19.4 Å². The second-order valence-electron chi connectivity index (χ2n) is 1.09. The third kappa shape index (κ3) is 5.51. The van der Waals surface area contributed by atoms with E-state index in [4.69, 9.17) is 5.26 Å². The average Bonchev–Trinajstić information content (AvgIpc) is 1.69. The summed E-state index contributed by atoms with van der Waals surface area (Å²) in [5, 5.41) is 7.83. The number of hydrogen-bond acceptors (Lipinski definition) is 2. The topological polar surface area (TPSA) is 33.0 Å². The molecule has 0 rings (SSSR count). The van der Waals surface area contributed by atoms with E-state index in [1.54, 1.807) is 6.26 Å². The van der Waals surface area contributed by atoms with Crippen molar-refractivity contribution in [1.29, 1.82) is 5.26 Å². The molecule has 0 aromatic heterocycles. The summed E-state index contributed by atoms with van der Waals surface area (Å²) in [5.74, 6) is 0. The van der Waals surface area contributed by atoms with Crippen molar-refractivity contribution in [2.24, 2.45) is 0 Å². The molecule has 0 spiro atoms. The van der Waals surface area contributed by atoms with Crippen molar-refractivity contribution < 1.29 is 4.43 Å². The van der Waals surface area contributed by atoms with Crippen LogP contribution in [0, 0.1) is 11.5 Å². The maximum atomic E-state index is 7.83. The van der Waals surface area contributed by atoms with Crippen LogP contribution in [0.15, 0.2) is 0 Å². The molecule has 0 bridgehead atoms. The lowest BCUT2D eigenvalue weighted by atomic mass is 10.6. The minimum Gasteiger partial charge on any atom is -0.481 e. The van der Waals surface area contributed by atoms with Gasteiger partial charge in [-0.2, -0.15) is 5.26 Å². The molecule has 0 saturated carbocycles. The van der Waals surface area contributed by atoms with Crippen LogP contribution in [0.5, 0.6) is 0 Å². The second-order valence-corrected chi connectivity index (χ2v) is 2.08. The van der Waals surface area contributed by atoms with Crippen LogP contribution in [0.25, 0.3) is 0 Å². The van der Waals surface area contributed by atoms with Crippen molar-refractivity contribution in [3.05, 3.63) is 0 Å². The van der Waals surface area contributed by atoms with Crippen LogP contribution < -0.4 is 0 Å². The standard InChI is InChI=1S/C4H7NOSi/c1-2-3-7-6-4-5/h2-3H2,1H3. The molecule has 0 aliphatic carbocycles. The predicted molar refractivity (Wildman–Crippen MR) is 27.5 cm³/mol. The fourth-order valence-corrected chi connectivity index (χ4v) is 0.556. The lowest BCUT2D eigenvalue weighted by Crippen LogP contribution is -1.88. The summed E-state index contributed by atoms with van der Waals surface area (Å²) in [5.41, 5.74) is 0. The van der Waals surface area contributed by atoms with Crippen molar-refractivity contribution in [1.82, 2.24) is 0 Å². The molecule has 2 radical (unpaired) electrons. The number of nitrogens with zero attached hydrogens (tertiary/aromatic N) is 1. The van der Waals surface area contributed by atoms with Crippen LogP contribution in [0.1, 0.15) is 13.3 Å². The van der Waals surface area contributed by atoms with Gasteiger partial charge in [0.2, 0.25) is 0 Å². The first kappa shape index (κ1) is 6.51. The van der Waals surface area contributed by atoms with Crippen LogP contribution in [0.4, 0.5) is 0 Å². The summed E-state index contributed by atoms with van der Waals surface area (Å²) in [6.07, 6.45) is 2.71. The molecule has 0 saturated heterocycles. The highest BCUT2D eigenvalue weighted by atomic mass is 28.2. The van der Waals surface area contributed by atoms with Crippen molar-refractivity contribution in [3.63, 3.8) is 0 Å². The Morgan fingerprint density at radius 2 is 2.57 bits per heavy atom. The van der Waals surface area contributed by atoms with E-state index in [0.29, 0.717) is 9.76 Å². The van der Waals surface area contributed by atoms with Gasteiger partial charge in [-0.15, -0.1) is 0 Å². The molecule has 0 atom stereocenters. The highest BCUT2D eigenvalue weighted by Gasteiger charge is 1.84. The van der Waals surface area contributed by atoms with E-state index < -0.39 is 0 Å². The molecule has 0 aliphatic rings. The Morgan fingerprint density at radius 3 is 3.00 bits per heavy atom. The van der Waals surface area contributed by atoms with E-state index in [9.17, 15) is 0 Å². The van der Waals surface area contributed by atoms with Crippen LogP contribution in [0.2, 0.25) is 6.04 Å². The van der Waals surface area contributed by atoms with Crippen molar-refractivity contribution in [3.8, 4) is 6.26 Å². The zero-order valence-corrected chi connectivity index (χ0v) is 5.27. The zero-order valence-electron chi connectivity index (χ0n) is 4.27. The van der Waals surface area contributed by atoms with Gasteiger partial charge in [-0.1, -0.05) is 13.3 Å². The fraction of sp³-hybridized carbons (Fsp3) is 0.750. The van der Waals surface area contributed by atoms with Gasteiger partial charge in [0.1, 0.15) is 0 Å². The summed E-state index contributed by atoms with van der Waals surface area (Å²) < 4.78 is 4.41. The summed E-state index contributed by atoms with van der Waals surface area (Å²) in [6, 6.07) is 1.01. The van der Waals surface area contributed by atoms with Gasteiger partial charge >= 0.3 is 9.76 Å². The van der Waals surface area contributed by atoms with Gasteiger partial charge in [0, 0.05) is 0 Å². The molecule has 0 N–H and O–H groups in total. The van der Waals surface area contributed by atoms with E-state index in [1.807, 2.05) is 0 Å². The van der Waals surface area contributed by atoms with E-state index in [-0.39, 0.29) is 0 Å². The Hall–Kier alpha value is -0.493. The lowest BCUT2D eigenvalue weighted by Gasteiger charge is -1.84. The van der Waals surface area contributed by atoms with Gasteiger partial charge in [-0.25, -0.2) is 0 Å². The zero-order chi connectivity index (χ0) is 5.54. The Balaban J connectivity index is 2.60. The SMILES string of the molecule is CCC[Si]OC#N. The van der Waals surface area contributed by atoms with E-state index in [1.165, 1.54) is 0 Å². The predicted octanol–water partition coefficient (Wildman–Crippen LogP) is 0.932. The van der Waals surface area contributed by atoms with Crippen LogP contribution in [-0.2, 0) is 4.43 Å². The minimum absolute atomic E-state index is 0.371. The van der Waals surface area contributed by atoms with Crippen molar-refractivity contribution in [2.75, 3.05) is 0 Å². The molecular weight excluding hydrogens is 106 g/mol. The van der Waals surface area contributed by atoms with Crippen LogP contribution in [0.3, 0.4) is 0 Å². The Kier molecular flexibility index (Phi) is 5.12. The minimum atomic E-state index is 0.371. The molecule has 0 aliphatic heterocycles. The van der Waals surface area contributed by atoms with Gasteiger partial charge in [0.05, 0.1) is 0 Å². The third-order valence-electron chi connectivity index (χ3n) is 0.470. The average molecular weight is 113 g/mol. The molecule has 7 heavy (non-hydrogen) atoms. The molecule has 2 nitrogen and oxygen atoms in total.